The predicted octanol–water partition coefficient (Wildman–Crippen LogP) is 0.442. The fraction of sp³-hybridized carbons (Fsp3) is 0.846. The van der Waals surface area contributed by atoms with E-state index in [1.54, 1.807) is 6.92 Å². The molecule has 18 heavy (non-hydrogen) atoms. The molecule has 0 bridgehead atoms. The van der Waals surface area contributed by atoms with Crippen LogP contribution < -0.4 is 5.73 Å². The van der Waals surface area contributed by atoms with Crippen LogP contribution in [0.4, 0.5) is 0 Å². The molecule has 1 aliphatic rings. The lowest BCUT2D eigenvalue weighted by atomic mass is 10.0. The molecule has 1 unspecified atom stereocenters. The molecule has 104 valence electrons. The molecule has 0 aromatic carbocycles. The van der Waals surface area contributed by atoms with Crippen molar-refractivity contribution in [2.75, 3.05) is 32.7 Å². The van der Waals surface area contributed by atoms with E-state index in [-0.39, 0.29) is 17.7 Å². The quantitative estimate of drug-likeness (QED) is 0.793. The van der Waals surface area contributed by atoms with Crippen molar-refractivity contribution in [1.29, 1.82) is 0 Å². The molecular weight excluding hydrogens is 230 g/mol. The van der Waals surface area contributed by atoms with Crippen LogP contribution >= 0.6 is 0 Å². The van der Waals surface area contributed by atoms with Crippen LogP contribution in [0.15, 0.2) is 0 Å². The summed E-state index contributed by atoms with van der Waals surface area (Å²) in [5.74, 6) is 0.556. The van der Waals surface area contributed by atoms with Crippen molar-refractivity contribution in [2.24, 2.45) is 11.7 Å². The summed E-state index contributed by atoms with van der Waals surface area (Å²) in [5.41, 5.74) is 5.63. The second-order valence-corrected chi connectivity index (χ2v) is 4.95. The molecule has 1 rings (SSSR count). The lowest BCUT2D eigenvalue weighted by Crippen LogP contribution is -2.37. The molecule has 0 aliphatic carbocycles. The third-order valence-corrected chi connectivity index (χ3v) is 3.67. The van der Waals surface area contributed by atoms with Crippen molar-refractivity contribution < 1.29 is 9.59 Å². The summed E-state index contributed by atoms with van der Waals surface area (Å²) in [5, 5.41) is 0. The highest BCUT2D eigenvalue weighted by Gasteiger charge is 2.21. The first-order valence-corrected chi connectivity index (χ1v) is 6.81. The number of hydrogen-bond donors (Lipinski definition) is 1. The van der Waals surface area contributed by atoms with E-state index < -0.39 is 0 Å². The molecular formula is C13H25N3O2. The van der Waals surface area contributed by atoms with Crippen LogP contribution in [0.3, 0.4) is 0 Å². The minimum absolute atomic E-state index is 0.0951. The van der Waals surface area contributed by atoms with Crippen molar-refractivity contribution in [3.63, 3.8) is 0 Å². The second-order valence-electron chi connectivity index (χ2n) is 4.95. The van der Waals surface area contributed by atoms with Gasteiger partial charge in [0.1, 0.15) is 0 Å². The Labute approximate surface area is 109 Å². The van der Waals surface area contributed by atoms with E-state index in [2.05, 4.69) is 6.92 Å². The molecule has 1 heterocycles. The number of hydrogen-bond acceptors (Lipinski definition) is 3. The first-order chi connectivity index (χ1) is 8.58. The van der Waals surface area contributed by atoms with Crippen LogP contribution in [0.1, 0.15) is 33.1 Å². The minimum atomic E-state index is 0.0951. The highest BCUT2D eigenvalue weighted by Crippen LogP contribution is 2.11. The normalized spacial score (nSPS) is 18.4. The Balaban J connectivity index is 2.47. The van der Waals surface area contributed by atoms with Gasteiger partial charge in [-0.15, -0.1) is 0 Å². The van der Waals surface area contributed by atoms with Crippen molar-refractivity contribution >= 4 is 11.8 Å². The van der Waals surface area contributed by atoms with E-state index in [4.69, 9.17) is 5.73 Å². The third-order valence-electron chi connectivity index (χ3n) is 3.67. The van der Waals surface area contributed by atoms with Gasteiger partial charge in [0.15, 0.2) is 0 Å². The highest BCUT2D eigenvalue weighted by atomic mass is 16.2. The van der Waals surface area contributed by atoms with Crippen molar-refractivity contribution in [3.05, 3.63) is 0 Å². The monoisotopic (exact) mass is 255 g/mol. The molecule has 0 saturated carbocycles. The topological polar surface area (TPSA) is 66.6 Å². The van der Waals surface area contributed by atoms with Gasteiger partial charge in [0.2, 0.25) is 11.8 Å². The van der Waals surface area contributed by atoms with Gasteiger partial charge in [-0.2, -0.15) is 0 Å². The molecule has 0 aromatic heterocycles. The van der Waals surface area contributed by atoms with Crippen LogP contribution in [0, 0.1) is 5.92 Å². The average Bonchev–Trinajstić information content (AvgIpc) is 2.61. The van der Waals surface area contributed by atoms with Gasteiger partial charge in [-0.3, -0.25) is 9.59 Å². The summed E-state index contributed by atoms with van der Waals surface area (Å²) in [6.45, 7) is 7.02. The Kier molecular flexibility index (Phi) is 6.12. The van der Waals surface area contributed by atoms with Crippen molar-refractivity contribution in [3.8, 4) is 0 Å². The molecule has 2 amide bonds. The molecule has 1 saturated heterocycles. The number of nitrogens with two attached hydrogens (primary N) is 1. The van der Waals surface area contributed by atoms with Crippen molar-refractivity contribution in [1.82, 2.24) is 9.80 Å². The van der Waals surface area contributed by atoms with Crippen LogP contribution in [0.2, 0.25) is 0 Å². The number of carbonyl (C=O) groups is 2. The summed E-state index contributed by atoms with van der Waals surface area (Å²) in [6, 6.07) is 0. The standard InChI is InChI=1S/C13H25N3O2/c1-3-12(10-14)9-13(18)16-6-4-5-15(7-8-16)11(2)17/h12H,3-10,14H2,1-2H3. The van der Waals surface area contributed by atoms with Gasteiger partial charge >= 0.3 is 0 Å². The zero-order valence-corrected chi connectivity index (χ0v) is 11.5. The van der Waals surface area contributed by atoms with Gasteiger partial charge in [0, 0.05) is 39.5 Å². The molecule has 0 spiro atoms. The van der Waals surface area contributed by atoms with Crippen LogP contribution in [0.25, 0.3) is 0 Å². The van der Waals surface area contributed by atoms with E-state index in [0.29, 0.717) is 26.1 Å². The van der Waals surface area contributed by atoms with Gasteiger partial charge in [0.25, 0.3) is 0 Å². The lowest BCUT2D eigenvalue weighted by Gasteiger charge is -2.23. The van der Waals surface area contributed by atoms with E-state index >= 15 is 0 Å². The first kappa shape index (κ1) is 15.0. The second kappa shape index (κ2) is 7.36. The average molecular weight is 255 g/mol. The van der Waals surface area contributed by atoms with E-state index in [0.717, 1.165) is 25.9 Å². The first-order valence-electron chi connectivity index (χ1n) is 6.81. The Morgan fingerprint density at radius 1 is 1.17 bits per heavy atom. The Morgan fingerprint density at radius 3 is 2.33 bits per heavy atom. The van der Waals surface area contributed by atoms with Crippen LogP contribution in [-0.2, 0) is 9.59 Å². The summed E-state index contributed by atoms with van der Waals surface area (Å²) < 4.78 is 0. The molecule has 5 nitrogen and oxygen atoms in total. The maximum Gasteiger partial charge on any atom is 0.222 e. The van der Waals surface area contributed by atoms with Crippen LogP contribution in [0.5, 0.6) is 0 Å². The molecule has 0 radical (unpaired) electrons. The summed E-state index contributed by atoms with van der Waals surface area (Å²) in [6.07, 6.45) is 2.34. The maximum absolute atomic E-state index is 12.1. The molecule has 2 N–H and O–H groups in total. The van der Waals surface area contributed by atoms with Gasteiger partial charge in [-0.05, 0) is 18.9 Å². The van der Waals surface area contributed by atoms with Gasteiger partial charge in [0.05, 0.1) is 0 Å². The fourth-order valence-corrected chi connectivity index (χ4v) is 2.25. The van der Waals surface area contributed by atoms with Gasteiger partial charge < -0.3 is 15.5 Å². The number of amides is 2. The Hall–Kier alpha value is -1.10. The van der Waals surface area contributed by atoms with Crippen molar-refractivity contribution in [2.45, 2.75) is 33.1 Å². The third kappa shape index (κ3) is 4.29. The van der Waals surface area contributed by atoms with Gasteiger partial charge in [-0.25, -0.2) is 0 Å². The minimum Gasteiger partial charge on any atom is -0.341 e. The smallest absolute Gasteiger partial charge is 0.222 e. The number of nitrogens with zero attached hydrogens (tertiary/aromatic N) is 2. The molecule has 0 aromatic rings. The zero-order valence-electron chi connectivity index (χ0n) is 11.5. The number of carbonyl (C=O) groups excluding carboxylic acids is 2. The summed E-state index contributed by atoms with van der Waals surface area (Å²) in [4.78, 5) is 27.1. The highest BCUT2D eigenvalue weighted by molar-refractivity contribution is 5.77. The Bertz CT molecular complexity index is 290. The van der Waals surface area contributed by atoms with Crippen LogP contribution in [-0.4, -0.2) is 54.3 Å². The predicted molar refractivity (Wildman–Crippen MR) is 70.9 cm³/mol. The summed E-state index contributed by atoms with van der Waals surface area (Å²) in [7, 11) is 0. The molecule has 1 atom stereocenters. The molecule has 1 fully saturated rings. The largest absolute Gasteiger partial charge is 0.341 e. The number of rotatable bonds is 4. The zero-order chi connectivity index (χ0) is 13.5. The Morgan fingerprint density at radius 2 is 1.78 bits per heavy atom. The molecule has 1 aliphatic heterocycles. The summed E-state index contributed by atoms with van der Waals surface area (Å²) >= 11 is 0. The van der Waals surface area contributed by atoms with Gasteiger partial charge in [-0.1, -0.05) is 13.3 Å². The lowest BCUT2D eigenvalue weighted by molar-refractivity contribution is -0.133. The fourth-order valence-electron chi connectivity index (χ4n) is 2.25. The van der Waals surface area contributed by atoms with E-state index in [1.165, 1.54) is 0 Å². The SMILES string of the molecule is CCC(CN)CC(=O)N1CCCN(C(C)=O)CC1. The molecule has 5 heteroatoms. The van der Waals surface area contributed by atoms with E-state index in [9.17, 15) is 9.59 Å². The van der Waals surface area contributed by atoms with E-state index in [1.807, 2.05) is 9.80 Å². The maximum atomic E-state index is 12.1.